The van der Waals surface area contributed by atoms with Gasteiger partial charge in [-0.3, -0.25) is 9.67 Å². The lowest BCUT2D eigenvalue weighted by molar-refractivity contribution is 0.590. The molecule has 106 valence electrons. The molecule has 0 fully saturated rings. The van der Waals surface area contributed by atoms with Crippen molar-refractivity contribution in [2.45, 2.75) is 39.7 Å². The van der Waals surface area contributed by atoms with Crippen LogP contribution >= 0.6 is 12.2 Å². The van der Waals surface area contributed by atoms with E-state index < -0.39 is 0 Å². The van der Waals surface area contributed by atoms with Gasteiger partial charge in [-0.1, -0.05) is 57.2 Å². The van der Waals surface area contributed by atoms with E-state index in [0.717, 1.165) is 17.0 Å². The van der Waals surface area contributed by atoms with Crippen molar-refractivity contribution in [2.75, 3.05) is 0 Å². The molecule has 0 saturated heterocycles. The summed E-state index contributed by atoms with van der Waals surface area (Å²) in [5.74, 6) is 0.860. The Morgan fingerprint density at radius 2 is 1.90 bits per heavy atom. The van der Waals surface area contributed by atoms with Crippen LogP contribution in [0.2, 0.25) is 0 Å². The number of rotatable bonds is 3. The van der Waals surface area contributed by atoms with E-state index in [1.807, 2.05) is 11.5 Å². The van der Waals surface area contributed by atoms with Crippen LogP contribution in [0.25, 0.3) is 11.4 Å². The summed E-state index contributed by atoms with van der Waals surface area (Å²) >= 11 is 5.28. The zero-order valence-electron chi connectivity index (χ0n) is 12.5. The second-order valence-corrected chi connectivity index (χ2v) is 6.61. The lowest BCUT2D eigenvalue weighted by Gasteiger charge is -2.19. The summed E-state index contributed by atoms with van der Waals surface area (Å²) in [6.45, 7) is 13.2. The van der Waals surface area contributed by atoms with Crippen molar-refractivity contribution in [2.24, 2.45) is 0 Å². The minimum Gasteiger partial charge on any atom is -0.296 e. The molecule has 2 rings (SSSR count). The Morgan fingerprint density at radius 3 is 2.40 bits per heavy atom. The second-order valence-electron chi connectivity index (χ2n) is 6.22. The molecule has 4 heteroatoms. The predicted octanol–water partition coefficient (Wildman–Crippen LogP) is 4.48. The van der Waals surface area contributed by atoms with E-state index in [1.54, 1.807) is 0 Å². The van der Waals surface area contributed by atoms with Gasteiger partial charge in [0.1, 0.15) is 0 Å². The van der Waals surface area contributed by atoms with Crippen LogP contribution in [0, 0.1) is 4.77 Å². The van der Waals surface area contributed by atoms with Crippen molar-refractivity contribution in [1.82, 2.24) is 14.8 Å². The van der Waals surface area contributed by atoms with Gasteiger partial charge in [0.2, 0.25) is 0 Å². The monoisotopic (exact) mass is 287 g/mol. The minimum absolute atomic E-state index is 0.154. The standard InChI is InChI=1S/C16H21N3S/c1-11(2)10-19-14(17-18-15(19)20)12-6-8-13(9-7-12)16(3,4)5/h6-9H,1,10H2,2-5H3,(H,18,20). The first-order valence-electron chi connectivity index (χ1n) is 6.69. The van der Waals surface area contributed by atoms with E-state index in [9.17, 15) is 0 Å². The van der Waals surface area contributed by atoms with Gasteiger partial charge in [-0.05, 0) is 30.1 Å². The maximum atomic E-state index is 5.28. The molecule has 1 N–H and O–H groups in total. The third kappa shape index (κ3) is 3.07. The lowest BCUT2D eigenvalue weighted by Crippen LogP contribution is -2.10. The number of allylic oxidation sites excluding steroid dienone is 1. The van der Waals surface area contributed by atoms with Crippen LogP contribution in [0.3, 0.4) is 0 Å². The number of hydrogen-bond acceptors (Lipinski definition) is 2. The summed E-state index contributed by atoms with van der Waals surface area (Å²) in [7, 11) is 0. The topological polar surface area (TPSA) is 33.6 Å². The summed E-state index contributed by atoms with van der Waals surface area (Å²) in [6.07, 6.45) is 0. The molecule has 0 spiro atoms. The molecule has 20 heavy (non-hydrogen) atoms. The predicted molar refractivity (Wildman–Crippen MR) is 86.4 cm³/mol. The molecule has 2 aromatic rings. The fourth-order valence-electron chi connectivity index (χ4n) is 2.07. The lowest BCUT2D eigenvalue weighted by atomic mass is 9.87. The zero-order valence-corrected chi connectivity index (χ0v) is 13.3. The van der Waals surface area contributed by atoms with Gasteiger partial charge in [-0.2, -0.15) is 5.10 Å². The van der Waals surface area contributed by atoms with Gasteiger partial charge >= 0.3 is 0 Å². The van der Waals surface area contributed by atoms with Crippen LogP contribution in [-0.4, -0.2) is 14.8 Å². The maximum Gasteiger partial charge on any atom is 0.195 e. The Bertz CT molecular complexity index is 669. The normalized spacial score (nSPS) is 11.6. The number of hydrogen-bond donors (Lipinski definition) is 1. The van der Waals surface area contributed by atoms with Gasteiger partial charge in [-0.25, -0.2) is 0 Å². The number of nitrogens with zero attached hydrogens (tertiary/aromatic N) is 2. The second kappa shape index (κ2) is 5.37. The van der Waals surface area contributed by atoms with E-state index in [-0.39, 0.29) is 5.41 Å². The third-order valence-corrected chi connectivity index (χ3v) is 3.51. The molecule has 0 atom stereocenters. The molecule has 1 aromatic heterocycles. The highest BCUT2D eigenvalue weighted by Crippen LogP contribution is 2.25. The van der Waals surface area contributed by atoms with Crippen LogP contribution in [0.1, 0.15) is 33.3 Å². The van der Waals surface area contributed by atoms with Gasteiger partial charge < -0.3 is 0 Å². The summed E-state index contributed by atoms with van der Waals surface area (Å²) < 4.78 is 2.60. The molecule has 0 radical (unpaired) electrons. The van der Waals surface area contributed by atoms with Crippen LogP contribution in [0.5, 0.6) is 0 Å². The quantitative estimate of drug-likeness (QED) is 0.667. The fraction of sp³-hybridized carbons (Fsp3) is 0.375. The molecule has 0 aliphatic heterocycles. The van der Waals surface area contributed by atoms with E-state index in [2.05, 4.69) is 61.8 Å². The summed E-state index contributed by atoms with van der Waals surface area (Å²) in [5, 5.41) is 7.20. The first-order valence-corrected chi connectivity index (χ1v) is 7.10. The number of nitrogens with one attached hydrogen (secondary N) is 1. The molecule has 0 aliphatic carbocycles. The van der Waals surface area contributed by atoms with Crippen molar-refractivity contribution in [3.05, 3.63) is 46.8 Å². The van der Waals surface area contributed by atoms with Gasteiger partial charge in [0.15, 0.2) is 10.6 Å². The Kier molecular flexibility index (Phi) is 3.95. The Hall–Kier alpha value is -1.68. The largest absolute Gasteiger partial charge is 0.296 e. The highest BCUT2D eigenvalue weighted by Gasteiger charge is 2.14. The highest BCUT2D eigenvalue weighted by atomic mass is 32.1. The van der Waals surface area contributed by atoms with Gasteiger partial charge in [0, 0.05) is 12.1 Å². The Labute approximate surface area is 125 Å². The number of H-pyrrole nitrogens is 1. The maximum absolute atomic E-state index is 5.28. The molecule has 0 unspecified atom stereocenters. The molecule has 0 aliphatic rings. The minimum atomic E-state index is 0.154. The van der Waals surface area contributed by atoms with Gasteiger partial charge in [0.05, 0.1) is 0 Å². The summed E-state index contributed by atoms with van der Waals surface area (Å²) in [6, 6.07) is 8.50. The van der Waals surface area contributed by atoms with E-state index >= 15 is 0 Å². The van der Waals surface area contributed by atoms with Crippen molar-refractivity contribution in [3.8, 4) is 11.4 Å². The molecule has 0 saturated carbocycles. The summed E-state index contributed by atoms with van der Waals surface area (Å²) in [4.78, 5) is 0. The average molecular weight is 287 g/mol. The van der Waals surface area contributed by atoms with Crippen LogP contribution in [0.15, 0.2) is 36.4 Å². The fourth-order valence-corrected chi connectivity index (χ4v) is 2.27. The Balaban J connectivity index is 2.42. The van der Waals surface area contributed by atoms with Gasteiger partial charge in [-0.15, -0.1) is 0 Å². The number of aromatic amines is 1. The van der Waals surface area contributed by atoms with E-state index in [1.165, 1.54) is 5.56 Å². The van der Waals surface area contributed by atoms with E-state index in [4.69, 9.17) is 12.2 Å². The average Bonchev–Trinajstić information content (AvgIpc) is 2.70. The molecule has 0 bridgehead atoms. The first kappa shape index (κ1) is 14.7. The third-order valence-electron chi connectivity index (χ3n) is 3.20. The van der Waals surface area contributed by atoms with E-state index in [0.29, 0.717) is 11.3 Å². The van der Waals surface area contributed by atoms with Crippen molar-refractivity contribution < 1.29 is 0 Å². The highest BCUT2D eigenvalue weighted by molar-refractivity contribution is 7.71. The smallest absolute Gasteiger partial charge is 0.195 e. The molecular formula is C16H21N3S. The van der Waals surface area contributed by atoms with Crippen molar-refractivity contribution >= 4 is 12.2 Å². The van der Waals surface area contributed by atoms with Crippen LogP contribution in [-0.2, 0) is 12.0 Å². The van der Waals surface area contributed by atoms with Crippen LogP contribution in [0.4, 0.5) is 0 Å². The molecule has 1 heterocycles. The van der Waals surface area contributed by atoms with Gasteiger partial charge in [0.25, 0.3) is 0 Å². The molecule has 3 nitrogen and oxygen atoms in total. The van der Waals surface area contributed by atoms with Crippen LogP contribution < -0.4 is 0 Å². The number of benzene rings is 1. The first-order chi connectivity index (χ1) is 9.29. The van der Waals surface area contributed by atoms with Crippen molar-refractivity contribution in [3.63, 3.8) is 0 Å². The molecule has 0 amide bonds. The molecular weight excluding hydrogens is 266 g/mol. The molecule has 1 aromatic carbocycles. The SMILES string of the molecule is C=C(C)Cn1c(-c2ccc(C(C)(C)C)cc2)n[nH]c1=S. The Morgan fingerprint density at radius 1 is 1.30 bits per heavy atom. The summed E-state index contributed by atoms with van der Waals surface area (Å²) in [5.41, 5.74) is 3.57. The number of aromatic nitrogens is 3. The zero-order chi connectivity index (χ0) is 14.9. The van der Waals surface area contributed by atoms with Crippen molar-refractivity contribution in [1.29, 1.82) is 0 Å².